The van der Waals surface area contributed by atoms with Crippen LogP contribution in [0, 0.1) is 0 Å². The van der Waals surface area contributed by atoms with E-state index in [1.54, 1.807) is 57.2 Å². The van der Waals surface area contributed by atoms with E-state index in [0.29, 0.717) is 22.3 Å². The smallest absolute Gasteiger partial charge is 0.419 e. The van der Waals surface area contributed by atoms with Gasteiger partial charge in [0, 0.05) is 32.0 Å². The molecule has 0 spiro atoms. The number of benzene rings is 1. The number of methoxy groups -OCH3 is 1. The van der Waals surface area contributed by atoms with E-state index in [4.69, 9.17) is 9.47 Å². The number of hydrogen-bond acceptors (Lipinski definition) is 7. The molecule has 0 unspecified atom stereocenters. The van der Waals surface area contributed by atoms with Gasteiger partial charge in [0.15, 0.2) is 0 Å². The predicted octanol–water partition coefficient (Wildman–Crippen LogP) is 4.88. The van der Waals surface area contributed by atoms with Crippen LogP contribution in [0.15, 0.2) is 48.7 Å². The number of nitrogens with zero attached hydrogens (tertiary/aromatic N) is 3. The number of ether oxygens (including phenoxy) is 2. The van der Waals surface area contributed by atoms with Gasteiger partial charge in [-0.05, 0) is 69.5 Å². The molecule has 0 bridgehead atoms. The minimum atomic E-state index is -2.88. The number of carbonyl (C=O) groups excluding carboxylic acids is 3. The lowest BCUT2D eigenvalue weighted by atomic mass is 9.67. The Morgan fingerprint density at radius 2 is 1.70 bits per heavy atom. The van der Waals surface area contributed by atoms with E-state index in [0.717, 1.165) is 0 Å². The van der Waals surface area contributed by atoms with Crippen molar-refractivity contribution in [3.05, 3.63) is 54.2 Å². The third-order valence-corrected chi connectivity index (χ3v) is 8.11. The number of aliphatic hydroxyl groups is 1. The average Bonchev–Trinajstić information content (AvgIpc) is 3.55. The normalized spacial score (nSPS) is 21.4. The molecule has 3 aromatic rings. The average molecular weight is 599 g/mol. The summed E-state index contributed by atoms with van der Waals surface area (Å²) in [6, 6.07) is 10.5. The molecule has 3 heterocycles. The van der Waals surface area contributed by atoms with Crippen molar-refractivity contribution in [1.29, 1.82) is 0 Å². The Balaban J connectivity index is 1.38. The largest absolute Gasteiger partial charge is 0.497 e. The summed E-state index contributed by atoms with van der Waals surface area (Å²) in [6.45, 7) is 5.19. The van der Waals surface area contributed by atoms with Crippen LogP contribution in [-0.4, -0.2) is 74.8 Å². The van der Waals surface area contributed by atoms with Gasteiger partial charge in [0.05, 0.1) is 29.7 Å². The number of likely N-dealkylation sites (tertiary alicyclic amines) is 1. The Hall–Kier alpha value is -4.06. The summed E-state index contributed by atoms with van der Waals surface area (Å²) < 4.78 is 40.5. The van der Waals surface area contributed by atoms with Crippen molar-refractivity contribution in [3.63, 3.8) is 0 Å². The zero-order valence-corrected chi connectivity index (χ0v) is 24.6. The maximum atomic E-state index is 14.3. The first-order valence-electron chi connectivity index (χ1n) is 14.3. The molecular formula is C31H36F2N4O6. The van der Waals surface area contributed by atoms with Crippen LogP contribution < -0.4 is 10.1 Å². The molecule has 2 N–H and O–H groups in total. The summed E-state index contributed by atoms with van der Waals surface area (Å²) in [5.41, 5.74) is -0.483. The fourth-order valence-electron chi connectivity index (χ4n) is 5.91. The summed E-state index contributed by atoms with van der Waals surface area (Å²) in [5.74, 6) is -3.16. The first-order chi connectivity index (χ1) is 20.2. The molecule has 2 fully saturated rings. The lowest BCUT2D eigenvalue weighted by molar-refractivity contribution is -0.146. The van der Waals surface area contributed by atoms with Gasteiger partial charge in [-0.15, -0.1) is 0 Å². The number of hydrogen-bond donors (Lipinski definition) is 2. The Bertz CT molecular complexity index is 1520. The molecule has 1 aliphatic heterocycles. The van der Waals surface area contributed by atoms with Crippen LogP contribution in [0.2, 0.25) is 0 Å². The number of rotatable bonds is 5. The van der Waals surface area contributed by atoms with Crippen LogP contribution in [0.3, 0.4) is 0 Å². The number of alkyl halides is 2. The summed E-state index contributed by atoms with van der Waals surface area (Å²) >= 11 is 0. The zero-order valence-electron chi connectivity index (χ0n) is 24.6. The summed E-state index contributed by atoms with van der Waals surface area (Å²) in [4.78, 5) is 46.1. The van der Waals surface area contributed by atoms with E-state index in [-0.39, 0.29) is 31.6 Å². The summed E-state index contributed by atoms with van der Waals surface area (Å²) in [6.07, 6.45) is -1.15. The SMILES string of the molecule is COc1ccc(C2(C(=O)N3C[C@@H](O)C[C@@H]3C(=O)Nc3ccc4c(ccn4C(=O)OC(C)(C)C)n3)CCC(F)(F)CC2)cc1. The van der Waals surface area contributed by atoms with E-state index in [2.05, 4.69) is 10.3 Å². The molecule has 1 aromatic carbocycles. The van der Waals surface area contributed by atoms with E-state index >= 15 is 0 Å². The van der Waals surface area contributed by atoms with Gasteiger partial charge < -0.3 is 24.8 Å². The number of β-amino-alcohol motifs (C(OH)–C–C–N with tert-alkyl or cyclic N) is 1. The number of aromatic nitrogens is 2. The lowest BCUT2D eigenvalue weighted by Gasteiger charge is -2.42. The van der Waals surface area contributed by atoms with Crippen LogP contribution >= 0.6 is 0 Å². The van der Waals surface area contributed by atoms with Crippen molar-refractivity contribution in [1.82, 2.24) is 14.5 Å². The number of pyridine rings is 1. The topological polar surface area (TPSA) is 123 Å². The standard InChI is InChI=1S/C31H36F2N4O6/c1-29(2,3)43-28(41)36-16-11-22-23(36)9-10-25(34-22)35-26(39)24-17-20(38)18-37(24)27(40)30(12-14-31(32,33)15-13-30)19-5-7-21(42-4)8-6-19/h5-11,16,20,24,38H,12-15,17-18H2,1-4H3,(H,34,35,39)/t20-,24+/m0/s1. The molecule has 2 aliphatic rings. The second-order valence-electron chi connectivity index (χ2n) is 12.3. The Morgan fingerprint density at radius 3 is 2.33 bits per heavy atom. The number of nitrogens with one attached hydrogen (secondary N) is 1. The van der Waals surface area contributed by atoms with Crippen molar-refractivity contribution in [3.8, 4) is 5.75 Å². The number of fused-ring (bicyclic) bond motifs is 1. The van der Waals surface area contributed by atoms with Crippen LogP contribution in [0.5, 0.6) is 5.75 Å². The first-order valence-corrected chi connectivity index (χ1v) is 14.3. The Labute approximate surface area is 248 Å². The van der Waals surface area contributed by atoms with Crippen LogP contribution in [0.4, 0.5) is 19.4 Å². The number of anilines is 1. The lowest BCUT2D eigenvalue weighted by Crippen LogP contribution is -2.54. The van der Waals surface area contributed by atoms with E-state index in [1.165, 1.54) is 28.8 Å². The van der Waals surface area contributed by atoms with Gasteiger partial charge in [-0.1, -0.05) is 12.1 Å². The van der Waals surface area contributed by atoms with Gasteiger partial charge in [0.1, 0.15) is 23.2 Å². The van der Waals surface area contributed by atoms with Crippen molar-refractivity contribution in [2.45, 2.75) is 82.0 Å². The maximum Gasteiger partial charge on any atom is 0.419 e. The van der Waals surface area contributed by atoms with Gasteiger partial charge in [0.2, 0.25) is 17.7 Å². The number of amides is 2. The molecule has 2 atom stereocenters. The monoisotopic (exact) mass is 598 g/mol. The van der Waals surface area contributed by atoms with Crippen LogP contribution in [0.25, 0.3) is 11.0 Å². The fourth-order valence-corrected chi connectivity index (χ4v) is 5.91. The second kappa shape index (κ2) is 11.2. The molecule has 2 amide bonds. The zero-order chi connectivity index (χ0) is 31.2. The van der Waals surface area contributed by atoms with Gasteiger partial charge in [-0.2, -0.15) is 0 Å². The molecule has 1 saturated heterocycles. The summed E-state index contributed by atoms with van der Waals surface area (Å²) in [5, 5.41) is 13.3. The van der Waals surface area contributed by atoms with Crippen molar-refractivity contribution in [2.75, 3.05) is 19.0 Å². The molecule has 2 aromatic heterocycles. The molecule has 43 heavy (non-hydrogen) atoms. The van der Waals surface area contributed by atoms with E-state index in [9.17, 15) is 28.3 Å². The van der Waals surface area contributed by atoms with Crippen molar-refractivity contribution >= 4 is 34.8 Å². The molecule has 5 rings (SSSR count). The Kier molecular flexibility index (Phi) is 7.93. The second-order valence-corrected chi connectivity index (χ2v) is 12.3. The highest BCUT2D eigenvalue weighted by atomic mass is 19.3. The fraction of sp³-hybridized carbons (Fsp3) is 0.484. The third-order valence-electron chi connectivity index (χ3n) is 8.11. The van der Waals surface area contributed by atoms with Crippen molar-refractivity contribution < 1.29 is 37.7 Å². The van der Waals surface area contributed by atoms with Gasteiger partial charge in [0.25, 0.3) is 0 Å². The molecule has 230 valence electrons. The van der Waals surface area contributed by atoms with E-state index in [1.807, 2.05) is 0 Å². The summed E-state index contributed by atoms with van der Waals surface area (Å²) in [7, 11) is 1.51. The highest BCUT2D eigenvalue weighted by Crippen LogP contribution is 2.47. The third kappa shape index (κ3) is 6.20. The Morgan fingerprint density at radius 1 is 1.02 bits per heavy atom. The van der Waals surface area contributed by atoms with Gasteiger partial charge in [-0.25, -0.2) is 18.6 Å². The molecular weight excluding hydrogens is 562 g/mol. The minimum absolute atomic E-state index is 0.0102. The minimum Gasteiger partial charge on any atom is -0.497 e. The van der Waals surface area contributed by atoms with Crippen LogP contribution in [-0.2, 0) is 19.7 Å². The molecule has 0 radical (unpaired) electrons. The maximum absolute atomic E-state index is 14.3. The van der Waals surface area contributed by atoms with Crippen molar-refractivity contribution in [2.24, 2.45) is 0 Å². The number of aliphatic hydroxyl groups excluding tert-OH is 1. The highest BCUT2D eigenvalue weighted by molar-refractivity contribution is 6.00. The quantitative estimate of drug-likeness (QED) is 0.429. The molecule has 1 aliphatic carbocycles. The molecule has 1 saturated carbocycles. The molecule has 12 heteroatoms. The highest BCUT2D eigenvalue weighted by Gasteiger charge is 2.53. The van der Waals surface area contributed by atoms with Gasteiger partial charge in [-0.3, -0.25) is 14.2 Å². The van der Waals surface area contributed by atoms with Gasteiger partial charge >= 0.3 is 6.09 Å². The number of carbonyl (C=O) groups is 3. The predicted molar refractivity (Wildman–Crippen MR) is 154 cm³/mol. The van der Waals surface area contributed by atoms with Crippen LogP contribution in [0.1, 0.15) is 58.4 Å². The first kappa shape index (κ1) is 30.4. The van der Waals surface area contributed by atoms with E-state index < -0.39 is 59.8 Å². The number of halogens is 2. The molecule has 10 nitrogen and oxygen atoms in total.